The first kappa shape index (κ1) is 19.0. The predicted molar refractivity (Wildman–Crippen MR) is 107 cm³/mol. The van der Waals surface area contributed by atoms with Crippen LogP contribution in [0.5, 0.6) is 5.75 Å². The van der Waals surface area contributed by atoms with Gasteiger partial charge in [-0.05, 0) is 37.1 Å². The van der Waals surface area contributed by atoms with Crippen LogP contribution in [0.4, 0.5) is 4.79 Å². The minimum atomic E-state index is -0.636. The third-order valence-electron chi connectivity index (χ3n) is 5.39. The molecule has 0 aromatic heterocycles. The highest BCUT2D eigenvalue weighted by molar-refractivity contribution is 5.70. The Morgan fingerprint density at radius 1 is 1.22 bits per heavy atom. The van der Waals surface area contributed by atoms with Crippen LogP contribution in [0.1, 0.15) is 42.5 Å². The number of carbonyl (C=O) groups is 1. The normalized spacial score (nSPS) is 20.7. The van der Waals surface area contributed by atoms with E-state index in [2.05, 4.69) is 37.8 Å². The quantitative estimate of drug-likeness (QED) is 0.645. The lowest BCUT2D eigenvalue weighted by atomic mass is 9.85. The van der Waals surface area contributed by atoms with Gasteiger partial charge in [-0.15, -0.1) is 6.58 Å². The summed E-state index contributed by atoms with van der Waals surface area (Å²) < 4.78 is 11.2. The van der Waals surface area contributed by atoms with Crippen LogP contribution in [0.3, 0.4) is 0 Å². The summed E-state index contributed by atoms with van der Waals surface area (Å²) in [6.07, 6.45) is 2.88. The van der Waals surface area contributed by atoms with E-state index in [-0.39, 0.29) is 12.1 Å². The fourth-order valence-electron chi connectivity index (χ4n) is 3.64. The van der Waals surface area contributed by atoms with Crippen molar-refractivity contribution in [1.82, 2.24) is 4.90 Å². The summed E-state index contributed by atoms with van der Waals surface area (Å²) in [5.41, 5.74) is 2.63. The van der Waals surface area contributed by atoms with Gasteiger partial charge >= 0.3 is 6.09 Å². The van der Waals surface area contributed by atoms with E-state index in [1.807, 2.05) is 37.3 Å². The number of hydrogen-bond acceptors (Lipinski definition) is 3. The fourth-order valence-corrected chi connectivity index (χ4v) is 3.64. The van der Waals surface area contributed by atoms with Gasteiger partial charge < -0.3 is 14.4 Å². The Kier molecular flexibility index (Phi) is 5.54. The summed E-state index contributed by atoms with van der Waals surface area (Å²) in [4.78, 5) is 14.7. The minimum Gasteiger partial charge on any atom is -0.497 e. The number of aryl methyl sites for hydroxylation is 1. The third-order valence-corrected chi connectivity index (χ3v) is 5.39. The number of amides is 1. The van der Waals surface area contributed by atoms with Crippen molar-refractivity contribution in [2.75, 3.05) is 13.7 Å². The molecule has 4 nitrogen and oxygen atoms in total. The lowest BCUT2D eigenvalue weighted by Gasteiger charge is -2.43. The zero-order valence-corrected chi connectivity index (χ0v) is 16.3. The second kappa shape index (κ2) is 7.87. The molecule has 0 unspecified atom stereocenters. The summed E-state index contributed by atoms with van der Waals surface area (Å²) in [5, 5.41) is 0. The van der Waals surface area contributed by atoms with Gasteiger partial charge in [-0.25, -0.2) is 4.79 Å². The Labute approximate surface area is 161 Å². The second-order valence-electron chi connectivity index (χ2n) is 7.11. The van der Waals surface area contributed by atoms with Gasteiger partial charge in [0.05, 0.1) is 13.2 Å². The van der Waals surface area contributed by atoms with Crippen LogP contribution in [-0.2, 0) is 10.3 Å². The first-order valence-corrected chi connectivity index (χ1v) is 9.31. The van der Waals surface area contributed by atoms with Gasteiger partial charge in [0.1, 0.15) is 11.4 Å². The molecule has 142 valence electrons. The lowest BCUT2D eigenvalue weighted by Crippen LogP contribution is -2.48. The van der Waals surface area contributed by atoms with Gasteiger partial charge in [0.2, 0.25) is 0 Å². The van der Waals surface area contributed by atoms with Crippen molar-refractivity contribution < 1.29 is 14.3 Å². The average molecular weight is 365 g/mol. The minimum absolute atomic E-state index is 0.0665. The number of ether oxygens (including phenoxy) is 2. The van der Waals surface area contributed by atoms with Crippen LogP contribution in [0.25, 0.3) is 0 Å². The van der Waals surface area contributed by atoms with E-state index in [0.29, 0.717) is 13.0 Å². The van der Waals surface area contributed by atoms with Gasteiger partial charge in [-0.1, -0.05) is 48.0 Å². The number of rotatable bonds is 6. The molecule has 3 rings (SSSR count). The van der Waals surface area contributed by atoms with Crippen LogP contribution in [0, 0.1) is 6.92 Å². The van der Waals surface area contributed by atoms with Gasteiger partial charge in [0.25, 0.3) is 0 Å². The van der Waals surface area contributed by atoms with Crippen LogP contribution < -0.4 is 4.74 Å². The molecule has 0 N–H and O–H groups in total. The Hall–Kier alpha value is -2.75. The maximum Gasteiger partial charge on any atom is 0.411 e. The summed E-state index contributed by atoms with van der Waals surface area (Å²) in [6, 6.07) is 15.9. The van der Waals surface area contributed by atoms with E-state index >= 15 is 0 Å². The summed E-state index contributed by atoms with van der Waals surface area (Å²) in [7, 11) is 1.64. The van der Waals surface area contributed by atoms with Crippen molar-refractivity contribution in [3.63, 3.8) is 0 Å². The molecule has 2 aromatic carbocycles. The third kappa shape index (κ3) is 3.85. The van der Waals surface area contributed by atoms with Crippen molar-refractivity contribution in [2.45, 2.75) is 38.3 Å². The van der Waals surface area contributed by atoms with Crippen LogP contribution >= 0.6 is 0 Å². The zero-order valence-electron chi connectivity index (χ0n) is 16.3. The molecule has 4 heteroatoms. The molecular formula is C23H27NO3. The molecule has 0 radical (unpaired) electrons. The summed E-state index contributed by atoms with van der Waals surface area (Å²) >= 11 is 0. The predicted octanol–water partition coefficient (Wildman–Crippen LogP) is 5.38. The number of cyclic esters (lactones) is 1. The van der Waals surface area contributed by atoms with Crippen molar-refractivity contribution in [1.29, 1.82) is 0 Å². The highest BCUT2D eigenvalue weighted by Crippen LogP contribution is 2.40. The van der Waals surface area contributed by atoms with Gasteiger partial charge in [-0.2, -0.15) is 0 Å². The number of hydrogen-bond donors (Lipinski definition) is 0. The molecule has 0 bridgehead atoms. The van der Waals surface area contributed by atoms with Crippen molar-refractivity contribution in [3.8, 4) is 5.75 Å². The molecule has 0 spiro atoms. The number of benzene rings is 2. The molecule has 1 heterocycles. The van der Waals surface area contributed by atoms with E-state index in [0.717, 1.165) is 23.3 Å². The molecule has 2 atom stereocenters. The molecule has 2 aromatic rings. The number of carbonyl (C=O) groups excluding carboxylic acids is 1. The first-order valence-electron chi connectivity index (χ1n) is 9.31. The molecular weight excluding hydrogens is 338 g/mol. The molecule has 1 saturated heterocycles. The Bertz CT molecular complexity index is 797. The first-order chi connectivity index (χ1) is 13.0. The van der Waals surface area contributed by atoms with Gasteiger partial charge in [0, 0.05) is 19.4 Å². The molecule has 1 aliphatic rings. The van der Waals surface area contributed by atoms with Gasteiger partial charge in [0.15, 0.2) is 0 Å². The van der Waals surface area contributed by atoms with Crippen molar-refractivity contribution >= 4 is 6.09 Å². The van der Waals surface area contributed by atoms with Gasteiger partial charge in [-0.3, -0.25) is 0 Å². The number of methoxy groups -OCH3 is 1. The second-order valence-corrected chi connectivity index (χ2v) is 7.11. The number of nitrogens with zero attached hydrogens (tertiary/aromatic N) is 1. The van der Waals surface area contributed by atoms with Crippen molar-refractivity contribution in [2.24, 2.45) is 0 Å². The molecule has 0 aliphatic carbocycles. The average Bonchev–Trinajstić information content (AvgIpc) is 2.68. The zero-order chi connectivity index (χ0) is 19.4. The topological polar surface area (TPSA) is 38.8 Å². The summed E-state index contributed by atoms with van der Waals surface area (Å²) in [6.45, 7) is 8.58. The maximum atomic E-state index is 12.9. The molecule has 0 saturated carbocycles. The SMILES string of the molecule is C=CC[C@]1(c2ccc(C)cc2)CCN([C@@H](C)c2ccc(OC)cc2)C(=O)O1. The largest absolute Gasteiger partial charge is 0.497 e. The lowest BCUT2D eigenvalue weighted by molar-refractivity contribution is -0.0588. The van der Waals surface area contributed by atoms with E-state index < -0.39 is 5.60 Å². The van der Waals surface area contributed by atoms with Crippen LogP contribution in [-0.4, -0.2) is 24.6 Å². The van der Waals surface area contributed by atoms with E-state index in [4.69, 9.17) is 9.47 Å². The monoisotopic (exact) mass is 365 g/mol. The Balaban J connectivity index is 1.80. The Morgan fingerprint density at radius 3 is 2.44 bits per heavy atom. The smallest absolute Gasteiger partial charge is 0.411 e. The van der Waals surface area contributed by atoms with Crippen LogP contribution in [0.15, 0.2) is 61.2 Å². The van der Waals surface area contributed by atoms with E-state index in [1.54, 1.807) is 12.0 Å². The molecule has 1 aliphatic heterocycles. The van der Waals surface area contributed by atoms with E-state index in [9.17, 15) is 4.79 Å². The summed E-state index contributed by atoms with van der Waals surface area (Å²) in [5.74, 6) is 0.802. The highest BCUT2D eigenvalue weighted by Gasteiger charge is 2.42. The Morgan fingerprint density at radius 2 is 1.89 bits per heavy atom. The molecule has 27 heavy (non-hydrogen) atoms. The molecule has 1 fully saturated rings. The van der Waals surface area contributed by atoms with Crippen LogP contribution in [0.2, 0.25) is 0 Å². The van der Waals surface area contributed by atoms with E-state index in [1.165, 1.54) is 5.56 Å². The fraction of sp³-hybridized carbons (Fsp3) is 0.348. The maximum absolute atomic E-state index is 12.9. The highest BCUT2D eigenvalue weighted by atomic mass is 16.6. The standard InChI is InChI=1S/C23H27NO3/c1-5-14-23(20-10-6-17(2)7-11-20)15-16-24(22(25)27-23)18(3)19-8-12-21(26-4)13-9-19/h5-13,18H,1,14-16H2,2-4H3/t18-,23+/m0/s1. The molecule has 1 amide bonds. The van der Waals surface area contributed by atoms with Crippen molar-refractivity contribution in [3.05, 3.63) is 77.9 Å².